The van der Waals surface area contributed by atoms with Gasteiger partial charge in [-0.3, -0.25) is 9.78 Å². The van der Waals surface area contributed by atoms with Crippen LogP contribution in [0.2, 0.25) is 5.02 Å². The number of carbonyl (C=O) groups excluding carboxylic acids is 1. The van der Waals surface area contributed by atoms with Crippen molar-refractivity contribution >= 4 is 23.2 Å². The highest BCUT2D eigenvalue weighted by Gasteiger charge is 2.68. The highest BCUT2D eigenvalue weighted by atomic mass is 35.5. The van der Waals surface area contributed by atoms with Crippen molar-refractivity contribution in [1.82, 2.24) is 4.98 Å². The second kappa shape index (κ2) is 6.05. The third-order valence-electron chi connectivity index (χ3n) is 6.11. The molecule has 1 saturated carbocycles. The number of halogens is 1. The van der Waals surface area contributed by atoms with Gasteiger partial charge in [-0.05, 0) is 61.1 Å². The molecule has 3 aliphatic rings. The number of hydrogen-bond donors (Lipinski definition) is 1. The minimum atomic E-state index is -0.234. The number of benzene rings is 1. The van der Waals surface area contributed by atoms with Gasteiger partial charge in [-0.25, -0.2) is 0 Å². The molecule has 0 radical (unpaired) electrons. The number of pyridine rings is 1. The van der Waals surface area contributed by atoms with Gasteiger partial charge < -0.3 is 10.1 Å². The zero-order chi connectivity index (χ0) is 18.7. The molecule has 6 atom stereocenters. The quantitative estimate of drug-likeness (QED) is 0.882. The van der Waals surface area contributed by atoms with Crippen LogP contribution in [0.1, 0.15) is 29.2 Å². The molecule has 6 heteroatoms. The SMILES string of the molecule is Cc1cc(C2C3OC(C4CC43)C2C(=O)Nc2ccc(Cl)c(C#N)c2)ccn1. The zero-order valence-electron chi connectivity index (χ0n) is 14.7. The molecule has 1 N–H and O–H groups in total. The van der Waals surface area contributed by atoms with Crippen LogP contribution in [0.25, 0.3) is 0 Å². The number of anilines is 1. The van der Waals surface area contributed by atoms with Gasteiger partial charge in [-0.1, -0.05) is 11.6 Å². The second-order valence-corrected chi connectivity index (χ2v) is 8.11. The highest BCUT2D eigenvalue weighted by molar-refractivity contribution is 6.31. The summed E-state index contributed by atoms with van der Waals surface area (Å²) in [6.45, 7) is 1.96. The summed E-state index contributed by atoms with van der Waals surface area (Å²) in [7, 11) is 0. The number of aryl methyl sites for hydroxylation is 1. The number of amides is 1. The summed E-state index contributed by atoms with van der Waals surface area (Å²) in [5.74, 6) is 0.839. The molecule has 136 valence electrons. The van der Waals surface area contributed by atoms with Gasteiger partial charge in [0.05, 0.1) is 28.7 Å². The Morgan fingerprint density at radius 2 is 2.11 bits per heavy atom. The second-order valence-electron chi connectivity index (χ2n) is 7.71. The van der Waals surface area contributed by atoms with Crippen molar-refractivity contribution in [3.63, 3.8) is 0 Å². The maximum Gasteiger partial charge on any atom is 0.230 e. The summed E-state index contributed by atoms with van der Waals surface area (Å²) in [6, 6.07) is 11.1. The van der Waals surface area contributed by atoms with Crippen molar-refractivity contribution in [3.8, 4) is 6.07 Å². The third kappa shape index (κ3) is 2.63. The van der Waals surface area contributed by atoms with Crippen molar-refractivity contribution in [3.05, 3.63) is 58.4 Å². The molecule has 0 spiro atoms. The number of nitrogens with one attached hydrogen (secondary N) is 1. The number of rotatable bonds is 3. The van der Waals surface area contributed by atoms with Crippen molar-refractivity contribution in [2.24, 2.45) is 17.8 Å². The average molecular weight is 380 g/mol. The molecular formula is C21H18ClN3O2. The highest BCUT2D eigenvalue weighted by Crippen LogP contribution is 2.65. The van der Waals surface area contributed by atoms with Gasteiger partial charge in [0.25, 0.3) is 0 Å². The van der Waals surface area contributed by atoms with Crippen LogP contribution in [0.15, 0.2) is 36.5 Å². The standard InChI is InChI=1S/C21H18ClN3O2/c1-10-6-11(4-5-24-10)17-18(20-15-8-14(15)19(17)27-20)21(26)25-13-2-3-16(22)12(7-13)9-23/h2-7,14-15,17-20H,8H2,1H3,(H,25,26). The van der Waals surface area contributed by atoms with Crippen LogP contribution >= 0.6 is 11.6 Å². The first-order chi connectivity index (χ1) is 13.1. The molecule has 2 aromatic rings. The maximum atomic E-state index is 13.2. The molecule has 27 heavy (non-hydrogen) atoms. The van der Waals surface area contributed by atoms with E-state index in [1.807, 2.05) is 19.1 Å². The lowest BCUT2D eigenvalue weighted by molar-refractivity contribution is -0.122. The Kier molecular flexibility index (Phi) is 3.75. The molecule has 1 aromatic carbocycles. The van der Waals surface area contributed by atoms with E-state index in [9.17, 15) is 4.79 Å². The number of nitrogens with zero attached hydrogens (tertiary/aromatic N) is 2. The summed E-state index contributed by atoms with van der Waals surface area (Å²) in [4.78, 5) is 17.5. The summed E-state index contributed by atoms with van der Waals surface area (Å²) in [5.41, 5.74) is 3.00. The van der Waals surface area contributed by atoms with Gasteiger partial charge in [0, 0.05) is 23.5 Å². The van der Waals surface area contributed by atoms with E-state index in [1.165, 1.54) is 0 Å². The van der Waals surface area contributed by atoms with E-state index in [0.717, 1.165) is 17.7 Å². The molecule has 3 heterocycles. The number of ether oxygens (including phenoxy) is 1. The van der Waals surface area contributed by atoms with Crippen LogP contribution in [0.4, 0.5) is 5.69 Å². The van der Waals surface area contributed by atoms with Crippen LogP contribution in [-0.4, -0.2) is 23.1 Å². The van der Waals surface area contributed by atoms with Gasteiger partial charge in [-0.15, -0.1) is 0 Å². The van der Waals surface area contributed by atoms with E-state index in [1.54, 1.807) is 24.4 Å². The number of fused-ring (bicyclic) bond motifs is 5. The predicted molar refractivity (Wildman–Crippen MR) is 100 cm³/mol. The first-order valence-corrected chi connectivity index (χ1v) is 9.53. The molecule has 6 unspecified atom stereocenters. The Morgan fingerprint density at radius 3 is 2.89 bits per heavy atom. The van der Waals surface area contributed by atoms with Crippen molar-refractivity contribution in [2.45, 2.75) is 31.5 Å². The summed E-state index contributed by atoms with van der Waals surface area (Å²) < 4.78 is 6.22. The van der Waals surface area contributed by atoms with Crippen molar-refractivity contribution in [1.29, 1.82) is 5.26 Å². The van der Waals surface area contributed by atoms with E-state index < -0.39 is 0 Å². The van der Waals surface area contributed by atoms with Crippen LogP contribution in [0.5, 0.6) is 0 Å². The molecule has 1 amide bonds. The number of hydrogen-bond acceptors (Lipinski definition) is 4. The maximum absolute atomic E-state index is 13.2. The minimum absolute atomic E-state index is 0.0267. The van der Waals surface area contributed by atoms with E-state index in [0.29, 0.717) is 28.1 Å². The van der Waals surface area contributed by atoms with Crippen LogP contribution < -0.4 is 5.32 Å². The summed E-state index contributed by atoms with van der Waals surface area (Å²) >= 11 is 5.99. The number of carbonyl (C=O) groups is 1. The summed E-state index contributed by atoms with van der Waals surface area (Å²) in [6.07, 6.45) is 3.03. The Labute approximate surface area is 162 Å². The minimum Gasteiger partial charge on any atom is -0.373 e. The molecule has 2 saturated heterocycles. The summed E-state index contributed by atoms with van der Waals surface area (Å²) in [5, 5.41) is 12.5. The third-order valence-corrected chi connectivity index (χ3v) is 6.44. The van der Waals surface area contributed by atoms with Crippen molar-refractivity contribution in [2.75, 3.05) is 5.32 Å². The monoisotopic (exact) mass is 379 g/mol. The zero-order valence-corrected chi connectivity index (χ0v) is 15.5. The Morgan fingerprint density at radius 1 is 1.30 bits per heavy atom. The van der Waals surface area contributed by atoms with Gasteiger partial charge in [0.1, 0.15) is 6.07 Å². The Bertz CT molecular complexity index is 986. The number of nitriles is 1. The van der Waals surface area contributed by atoms with Gasteiger partial charge in [-0.2, -0.15) is 5.26 Å². The first-order valence-electron chi connectivity index (χ1n) is 9.15. The van der Waals surface area contributed by atoms with Crippen LogP contribution in [0, 0.1) is 36.0 Å². The molecule has 3 fully saturated rings. The fourth-order valence-corrected chi connectivity index (χ4v) is 5.04. The van der Waals surface area contributed by atoms with Gasteiger partial charge >= 0.3 is 0 Å². The molecule has 2 aliphatic heterocycles. The Hall–Kier alpha value is -2.42. The van der Waals surface area contributed by atoms with Gasteiger partial charge in [0.15, 0.2) is 0 Å². The lowest BCUT2D eigenvalue weighted by Crippen LogP contribution is -2.37. The number of aromatic nitrogens is 1. The smallest absolute Gasteiger partial charge is 0.230 e. The largest absolute Gasteiger partial charge is 0.373 e. The predicted octanol–water partition coefficient (Wildman–Crippen LogP) is 3.67. The molecule has 5 rings (SSSR count). The molecule has 1 aromatic heterocycles. The van der Waals surface area contributed by atoms with Gasteiger partial charge in [0.2, 0.25) is 5.91 Å². The topological polar surface area (TPSA) is 75.0 Å². The van der Waals surface area contributed by atoms with E-state index in [-0.39, 0.29) is 30.0 Å². The molecule has 5 nitrogen and oxygen atoms in total. The van der Waals surface area contributed by atoms with E-state index >= 15 is 0 Å². The van der Waals surface area contributed by atoms with Crippen molar-refractivity contribution < 1.29 is 9.53 Å². The normalized spacial score (nSPS) is 32.6. The van der Waals surface area contributed by atoms with E-state index in [2.05, 4.69) is 16.4 Å². The van der Waals surface area contributed by atoms with Crippen LogP contribution in [-0.2, 0) is 9.53 Å². The fourth-order valence-electron chi connectivity index (χ4n) is 4.88. The fraction of sp³-hybridized carbons (Fsp3) is 0.381. The molecular weight excluding hydrogens is 362 g/mol. The van der Waals surface area contributed by atoms with Crippen LogP contribution in [0.3, 0.4) is 0 Å². The Balaban J connectivity index is 1.45. The molecule has 2 bridgehead atoms. The lowest BCUT2D eigenvalue weighted by atomic mass is 9.75. The van der Waals surface area contributed by atoms with E-state index in [4.69, 9.17) is 21.6 Å². The average Bonchev–Trinajstić information content (AvgIpc) is 3.27. The lowest BCUT2D eigenvalue weighted by Gasteiger charge is -2.27. The first kappa shape index (κ1) is 16.7. The molecule has 1 aliphatic carbocycles.